The first-order valence-electron chi connectivity index (χ1n) is 6.83. The monoisotopic (exact) mass is 288 g/mol. The maximum absolute atomic E-state index is 13.8. The maximum atomic E-state index is 13.8. The number of halogens is 1. The van der Waals surface area contributed by atoms with E-state index in [0.717, 1.165) is 19.2 Å². The van der Waals surface area contributed by atoms with Gasteiger partial charge in [-0.3, -0.25) is 5.41 Å². The molecular weight excluding hydrogens is 271 g/mol. The summed E-state index contributed by atoms with van der Waals surface area (Å²) in [5.41, 5.74) is 6.49. The molecule has 0 radical (unpaired) electrons. The Labute approximate surface area is 122 Å². The number of amidine groups is 1. The zero-order valence-electron chi connectivity index (χ0n) is 11.6. The van der Waals surface area contributed by atoms with Crippen molar-refractivity contribution in [1.29, 1.82) is 10.7 Å². The molecular formula is C15H17FN4O. The highest BCUT2D eigenvalue weighted by Crippen LogP contribution is 2.28. The standard InChI is InChI=1S/C15H17FN4O/c16-12-3-1-2-4-14(12)21-13-6-5-10(7-11(13)8-17)15(19)20-9-18/h5-7,9,12,14H,1-4H2,(H3,18,19,20)/t12-,14+/m1/s1. The van der Waals surface area contributed by atoms with Crippen LogP contribution in [0.25, 0.3) is 0 Å². The summed E-state index contributed by atoms with van der Waals surface area (Å²) in [6, 6.07) is 6.80. The van der Waals surface area contributed by atoms with Gasteiger partial charge in [0.15, 0.2) is 0 Å². The van der Waals surface area contributed by atoms with Gasteiger partial charge in [0, 0.05) is 5.56 Å². The number of alkyl halides is 1. The van der Waals surface area contributed by atoms with Crippen molar-refractivity contribution in [2.24, 2.45) is 10.7 Å². The third-order valence-electron chi connectivity index (χ3n) is 3.50. The Bertz CT molecular complexity index is 594. The van der Waals surface area contributed by atoms with Gasteiger partial charge in [0.2, 0.25) is 0 Å². The van der Waals surface area contributed by atoms with E-state index in [2.05, 4.69) is 4.99 Å². The molecule has 1 aromatic carbocycles. The van der Waals surface area contributed by atoms with Gasteiger partial charge >= 0.3 is 0 Å². The Kier molecular flexibility index (Phi) is 4.88. The lowest BCUT2D eigenvalue weighted by Gasteiger charge is -2.27. The number of benzene rings is 1. The predicted molar refractivity (Wildman–Crippen MR) is 78.4 cm³/mol. The number of nitrogens with one attached hydrogen (secondary N) is 1. The largest absolute Gasteiger partial charge is 0.486 e. The smallest absolute Gasteiger partial charge is 0.137 e. The number of nitrogens with zero attached hydrogens (tertiary/aromatic N) is 2. The van der Waals surface area contributed by atoms with Crippen molar-refractivity contribution in [2.45, 2.75) is 38.0 Å². The van der Waals surface area contributed by atoms with Gasteiger partial charge < -0.3 is 10.5 Å². The highest BCUT2D eigenvalue weighted by atomic mass is 19.1. The molecule has 0 bridgehead atoms. The topological polar surface area (TPSA) is 95.3 Å². The average molecular weight is 288 g/mol. The Morgan fingerprint density at radius 2 is 2.24 bits per heavy atom. The SMILES string of the molecule is N#Cc1cc(C(N)=NC=N)ccc1O[C@H]1CCCC[C@H]1F. The van der Waals surface area contributed by atoms with Gasteiger partial charge in [-0.1, -0.05) is 6.42 Å². The lowest BCUT2D eigenvalue weighted by atomic mass is 9.96. The summed E-state index contributed by atoms with van der Waals surface area (Å²) < 4.78 is 19.5. The number of aliphatic imine (C=N–C) groups is 1. The minimum absolute atomic E-state index is 0.147. The molecule has 110 valence electrons. The molecule has 5 nitrogen and oxygen atoms in total. The van der Waals surface area contributed by atoms with E-state index in [-0.39, 0.29) is 11.4 Å². The van der Waals surface area contributed by atoms with Gasteiger partial charge in [-0.2, -0.15) is 5.26 Å². The first-order valence-corrected chi connectivity index (χ1v) is 6.83. The average Bonchev–Trinajstić information content (AvgIpc) is 2.50. The Morgan fingerprint density at radius 3 is 2.90 bits per heavy atom. The minimum atomic E-state index is -0.991. The fourth-order valence-corrected chi connectivity index (χ4v) is 2.37. The number of rotatable bonds is 4. The van der Waals surface area contributed by atoms with Crippen molar-refractivity contribution in [3.63, 3.8) is 0 Å². The summed E-state index contributed by atoms with van der Waals surface area (Å²) in [5, 5.41) is 16.1. The number of ether oxygens (including phenoxy) is 1. The van der Waals surface area contributed by atoms with E-state index in [1.807, 2.05) is 6.07 Å². The summed E-state index contributed by atoms with van der Waals surface area (Å²) in [4.78, 5) is 3.65. The fourth-order valence-electron chi connectivity index (χ4n) is 2.37. The summed E-state index contributed by atoms with van der Waals surface area (Å²) in [6.45, 7) is 0. The summed E-state index contributed by atoms with van der Waals surface area (Å²) in [6.07, 6.45) is 2.32. The van der Waals surface area contributed by atoms with Crippen LogP contribution in [0.1, 0.15) is 36.8 Å². The highest BCUT2D eigenvalue weighted by molar-refractivity contribution is 6.01. The molecule has 2 rings (SSSR count). The third-order valence-corrected chi connectivity index (χ3v) is 3.50. The van der Waals surface area contributed by atoms with Gasteiger partial charge in [-0.05, 0) is 37.5 Å². The van der Waals surface area contributed by atoms with Gasteiger partial charge in [-0.25, -0.2) is 9.38 Å². The molecule has 1 aliphatic carbocycles. The number of hydrogen-bond acceptors (Lipinski definition) is 3. The second-order valence-corrected chi connectivity index (χ2v) is 4.92. The summed E-state index contributed by atoms with van der Waals surface area (Å²) in [7, 11) is 0. The van der Waals surface area contributed by atoms with Crippen LogP contribution in [0.2, 0.25) is 0 Å². The first kappa shape index (κ1) is 15.0. The lowest BCUT2D eigenvalue weighted by molar-refractivity contribution is 0.0635. The van der Waals surface area contributed by atoms with Crippen molar-refractivity contribution in [1.82, 2.24) is 0 Å². The molecule has 3 N–H and O–H groups in total. The normalized spacial score (nSPS) is 22.4. The van der Waals surface area contributed by atoms with Crippen LogP contribution < -0.4 is 10.5 Å². The summed E-state index contributed by atoms with van der Waals surface area (Å²) >= 11 is 0. The van der Waals surface area contributed by atoms with Crippen LogP contribution in [0.4, 0.5) is 4.39 Å². The molecule has 0 aromatic heterocycles. The van der Waals surface area contributed by atoms with E-state index in [1.165, 1.54) is 6.07 Å². The molecule has 0 spiro atoms. The maximum Gasteiger partial charge on any atom is 0.137 e. The minimum Gasteiger partial charge on any atom is -0.486 e. The van der Waals surface area contributed by atoms with Crippen LogP contribution in [0, 0.1) is 16.7 Å². The number of nitriles is 1. The molecule has 0 aliphatic heterocycles. The van der Waals surface area contributed by atoms with E-state index in [0.29, 0.717) is 24.2 Å². The van der Waals surface area contributed by atoms with Gasteiger partial charge in [-0.15, -0.1) is 0 Å². The molecule has 2 atom stereocenters. The van der Waals surface area contributed by atoms with E-state index < -0.39 is 12.3 Å². The third kappa shape index (κ3) is 3.57. The molecule has 21 heavy (non-hydrogen) atoms. The lowest BCUT2D eigenvalue weighted by Crippen LogP contribution is -2.31. The fraction of sp³-hybridized carbons (Fsp3) is 0.400. The van der Waals surface area contributed by atoms with E-state index in [9.17, 15) is 9.65 Å². The molecule has 1 aliphatic rings. The van der Waals surface area contributed by atoms with Crippen LogP contribution in [0.15, 0.2) is 23.2 Å². The van der Waals surface area contributed by atoms with E-state index >= 15 is 0 Å². The Hall–Kier alpha value is -2.42. The second kappa shape index (κ2) is 6.84. The molecule has 0 heterocycles. The van der Waals surface area contributed by atoms with Crippen LogP contribution in [-0.4, -0.2) is 24.4 Å². The molecule has 1 saturated carbocycles. The Morgan fingerprint density at radius 1 is 1.48 bits per heavy atom. The van der Waals surface area contributed by atoms with Gasteiger partial charge in [0.1, 0.15) is 36.3 Å². The van der Waals surface area contributed by atoms with Crippen LogP contribution in [0.5, 0.6) is 5.75 Å². The highest BCUT2D eigenvalue weighted by Gasteiger charge is 2.27. The predicted octanol–water partition coefficient (Wildman–Crippen LogP) is 2.53. The molecule has 0 amide bonds. The van der Waals surface area contributed by atoms with Crippen molar-refractivity contribution in [3.05, 3.63) is 29.3 Å². The number of hydrogen-bond donors (Lipinski definition) is 2. The quantitative estimate of drug-likeness (QED) is 0.658. The first-order chi connectivity index (χ1) is 10.2. The Balaban J connectivity index is 2.22. The molecule has 6 heteroatoms. The van der Waals surface area contributed by atoms with E-state index in [4.69, 9.17) is 15.9 Å². The van der Waals surface area contributed by atoms with Gasteiger partial charge in [0.25, 0.3) is 0 Å². The molecule has 0 unspecified atom stereocenters. The second-order valence-electron chi connectivity index (χ2n) is 4.92. The summed E-state index contributed by atoms with van der Waals surface area (Å²) in [5.74, 6) is 0.507. The van der Waals surface area contributed by atoms with Crippen LogP contribution >= 0.6 is 0 Å². The molecule has 1 fully saturated rings. The number of nitrogens with two attached hydrogens (primary N) is 1. The van der Waals surface area contributed by atoms with Gasteiger partial charge in [0.05, 0.1) is 5.56 Å². The van der Waals surface area contributed by atoms with Crippen LogP contribution in [-0.2, 0) is 0 Å². The zero-order valence-corrected chi connectivity index (χ0v) is 11.6. The van der Waals surface area contributed by atoms with Crippen molar-refractivity contribution >= 4 is 12.2 Å². The van der Waals surface area contributed by atoms with Crippen molar-refractivity contribution in [3.8, 4) is 11.8 Å². The van der Waals surface area contributed by atoms with Crippen LogP contribution in [0.3, 0.4) is 0 Å². The molecule has 1 aromatic rings. The molecule has 0 saturated heterocycles. The van der Waals surface area contributed by atoms with E-state index in [1.54, 1.807) is 12.1 Å². The zero-order chi connectivity index (χ0) is 15.2. The van der Waals surface area contributed by atoms with Crippen molar-refractivity contribution < 1.29 is 9.13 Å². The van der Waals surface area contributed by atoms with Crippen molar-refractivity contribution in [2.75, 3.05) is 0 Å².